The Morgan fingerprint density at radius 2 is 1.89 bits per heavy atom. The number of carbonyl (C=O) groups is 2. The Balaban J connectivity index is 1.43. The van der Waals surface area contributed by atoms with Crippen molar-refractivity contribution in [2.75, 3.05) is 23.6 Å². The van der Waals surface area contributed by atoms with Crippen molar-refractivity contribution in [2.24, 2.45) is 30.0 Å². The third-order valence-electron chi connectivity index (χ3n) is 10.7. The van der Waals surface area contributed by atoms with Crippen LogP contribution in [0.5, 0.6) is 0 Å². The highest BCUT2D eigenvalue weighted by Gasteiger charge is 2.59. The number of amides is 1. The molecule has 2 bridgehead atoms. The second-order valence-electron chi connectivity index (χ2n) is 16.3. The highest BCUT2D eigenvalue weighted by molar-refractivity contribution is 6.36. The van der Waals surface area contributed by atoms with E-state index in [1.807, 2.05) is 23.0 Å². The second kappa shape index (κ2) is 14.3. The number of benzene rings is 2. The zero-order valence-corrected chi connectivity index (χ0v) is 32.4. The van der Waals surface area contributed by atoms with Gasteiger partial charge in [-0.15, -0.1) is 5.10 Å². The van der Waals surface area contributed by atoms with Crippen molar-refractivity contribution >= 4 is 56.7 Å². The molecule has 3 aliphatic rings. The van der Waals surface area contributed by atoms with Gasteiger partial charge in [0.2, 0.25) is 6.79 Å². The fourth-order valence-corrected chi connectivity index (χ4v) is 7.63. The smallest absolute Gasteiger partial charge is 0.418 e. The summed E-state index contributed by atoms with van der Waals surface area (Å²) >= 11 is 6.99. The number of ether oxygens (including phenoxy) is 2. The van der Waals surface area contributed by atoms with E-state index in [2.05, 4.69) is 47.5 Å². The molecule has 0 saturated heterocycles. The molecule has 14 nitrogen and oxygen atoms in total. The predicted molar refractivity (Wildman–Crippen MR) is 209 cm³/mol. The first-order chi connectivity index (χ1) is 26.1. The lowest BCUT2D eigenvalue weighted by atomic mass is 9.50. The van der Waals surface area contributed by atoms with Crippen molar-refractivity contribution in [3.8, 4) is 6.07 Å². The SMILES string of the molecule is CC(C)C(N)C(=O)OCOC(=O)N(c1cc(Cl)c2ncc(C#N)c(NCC(C)(C)C)c2c1)[C@H](c1cn(C23CC(C2)C3)nn1)c1cccc2c(=O)n(C)ccc12. The van der Waals surface area contributed by atoms with Gasteiger partial charge in [0, 0.05) is 36.8 Å². The van der Waals surface area contributed by atoms with Crippen molar-refractivity contribution < 1.29 is 19.1 Å². The van der Waals surface area contributed by atoms with Crippen molar-refractivity contribution in [2.45, 2.75) is 71.5 Å². The maximum atomic E-state index is 14.7. The average Bonchev–Trinajstić information content (AvgIpc) is 3.57. The summed E-state index contributed by atoms with van der Waals surface area (Å²) in [7, 11) is 1.67. The summed E-state index contributed by atoms with van der Waals surface area (Å²) in [6, 6.07) is 10.7. The maximum Gasteiger partial charge on any atom is 0.418 e. The first kappa shape index (κ1) is 37.8. The average molecular weight is 766 g/mol. The Kier molecular flexibility index (Phi) is 9.81. The van der Waals surface area contributed by atoms with E-state index in [4.69, 9.17) is 26.8 Å². The predicted octanol–water partition coefficient (Wildman–Crippen LogP) is 6.39. The highest BCUT2D eigenvalue weighted by atomic mass is 35.5. The van der Waals surface area contributed by atoms with Crippen LogP contribution in [0.25, 0.3) is 21.7 Å². The monoisotopic (exact) mass is 765 g/mol. The fourth-order valence-electron chi connectivity index (χ4n) is 7.36. The lowest BCUT2D eigenvalue weighted by Crippen LogP contribution is -2.59. The van der Waals surface area contributed by atoms with Crippen molar-refractivity contribution in [1.29, 1.82) is 5.26 Å². The number of esters is 1. The fraction of sp³-hybridized carbons (Fsp3) is 0.425. The minimum absolute atomic E-state index is 0.122. The summed E-state index contributed by atoms with van der Waals surface area (Å²) in [6.07, 6.45) is 7.05. The molecule has 8 rings (SSSR count). The number of rotatable bonds is 11. The van der Waals surface area contributed by atoms with Gasteiger partial charge in [-0.1, -0.05) is 63.6 Å². The number of aromatic nitrogens is 5. The lowest BCUT2D eigenvalue weighted by Gasteiger charge is -2.61. The van der Waals surface area contributed by atoms with Crippen LogP contribution in [-0.2, 0) is 26.9 Å². The molecule has 0 aliphatic heterocycles. The van der Waals surface area contributed by atoms with Crippen molar-refractivity contribution in [3.05, 3.63) is 87.2 Å². The highest BCUT2D eigenvalue weighted by Crippen LogP contribution is 2.62. The summed E-state index contributed by atoms with van der Waals surface area (Å²) in [5, 5.41) is 24.5. The topological polar surface area (TPSA) is 183 Å². The number of carbonyl (C=O) groups excluding carboxylic acids is 2. The molecule has 3 aromatic heterocycles. The molecule has 1 unspecified atom stereocenters. The summed E-state index contributed by atoms with van der Waals surface area (Å²) in [5.41, 5.74) is 7.91. The number of hydrogen-bond donors (Lipinski definition) is 2. The van der Waals surface area contributed by atoms with Crippen LogP contribution in [0.3, 0.4) is 0 Å². The van der Waals surface area contributed by atoms with Gasteiger partial charge >= 0.3 is 12.1 Å². The van der Waals surface area contributed by atoms with Gasteiger partial charge in [-0.25, -0.2) is 9.48 Å². The molecule has 3 heterocycles. The van der Waals surface area contributed by atoms with Crippen LogP contribution in [0, 0.1) is 28.6 Å². The standard InChI is InChI=1S/C40H44ClN9O5/c1-22(2)32(43)37(52)54-21-55-38(53)50(25-12-29-33(45-20-39(3,4)5)24(17-42)18-44-34(29)30(41)13-25)35(31-19-49(47-46-31)40-14-23(15-40)16-40)27-8-7-9-28-26(27)10-11-48(6)36(28)51/h7-13,18-19,22-23,32,35H,14-16,20-21,43H2,1-6H3,(H,44,45)/t23?,32?,35-,40?/m0/s1. The van der Waals surface area contributed by atoms with Gasteiger partial charge in [0.1, 0.15) is 23.8 Å². The molecule has 5 aromatic rings. The van der Waals surface area contributed by atoms with E-state index in [1.54, 1.807) is 51.4 Å². The number of anilines is 2. The van der Waals surface area contributed by atoms with E-state index < -0.39 is 30.9 Å². The van der Waals surface area contributed by atoms with E-state index in [1.165, 1.54) is 15.7 Å². The molecule has 0 radical (unpaired) electrons. The van der Waals surface area contributed by atoms with Crippen molar-refractivity contribution in [3.63, 3.8) is 0 Å². The molecule has 286 valence electrons. The maximum absolute atomic E-state index is 14.7. The Morgan fingerprint density at radius 1 is 1.15 bits per heavy atom. The molecule has 55 heavy (non-hydrogen) atoms. The van der Waals surface area contributed by atoms with E-state index in [0.29, 0.717) is 51.1 Å². The zero-order valence-electron chi connectivity index (χ0n) is 31.7. The normalized spacial score (nSPS) is 18.6. The molecule has 1 amide bonds. The Labute approximate surface area is 323 Å². The van der Waals surface area contributed by atoms with Gasteiger partial charge in [0.15, 0.2) is 0 Å². The number of nitrogens with one attached hydrogen (secondary N) is 1. The molecule has 15 heteroatoms. The molecule has 2 aromatic carbocycles. The van der Waals surface area contributed by atoms with E-state index in [-0.39, 0.29) is 38.7 Å². The van der Waals surface area contributed by atoms with Gasteiger partial charge in [0.05, 0.1) is 39.2 Å². The molecular formula is C40H44ClN9O5. The number of nitrogens with zero attached hydrogens (tertiary/aromatic N) is 7. The quantitative estimate of drug-likeness (QED) is 0.112. The Morgan fingerprint density at radius 3 is 2.55 bits per heavy atom. The molecule has 2 atom stereocenters. The van der Waals surface area contributed by atoms with Gasteiger partial charge in [-0.3, -0.25) is 19.5 Å². The van der Waals surface area contributed by atoms with Crippen LogP contribution in [0.4, 0.5) is 16.2 Å². The van der Waals surface area contributed by atoms with Crippen molar-refractivity contribution in [1.82, 2.24) is 24.5 Å². The first-order valence-corrected chi connectivity index (χ1v) is 18.6. The number of nitrogens with two attached hydrogens (primary N) is 1. The molecule has 3 N–H and O–H groups in total. The summed E-state index contributed by atoms with van der Waals surface area (Å²) in [4.78, 5) is 46.7. The summed E-state index contributed by atoms with van der Waals surface area (Å²) in [5.74, 6) is -0.265. The van der Waals surface area contributed by atoms with Gasteiger partial charge < -0.3 is 25.1 Å². The lowest BCUT2D eigenvalue weighted by molar-refractivity contribution is -0.154. The first-order valence-electron chi connectivity index (χ1n) is 18.3. The molecule has 3 saturated carbocycles. The second-order valence-corrected chi connectivity index (χ2v) is 16.7. The minimum atomic E-state index is -1.04. The molecule has 3 fully saturated rings. The Hall–Kier alpha value is -5.52. The summed E-state index contributed by atoms with van der Waals surface area (Å²) < 4.78 is 14.4. The third kappa shape index (κ3) is 6.98. The molecule has 3 aliphatic carbocycles. The van der Waals surface area contributed by atoms with Crippen LogP contribution in [0.2, 0.25) is 5.02 Å². The van der Waals surface area contributed by atoms with E-state index in [0.717, 1.165) is 19.3 Å². The number of nitriles is 1. The number of halogens is 1. The van der Waals surface area contributed by atoms with E-state index >= 15 is 0 Å². The molecule has 0 spiro atoms. The largest absolute Gasteiger partial charge is 0.427 e. The minimum Gasteiger partial charge on any atom is -0.427 e. The number of aryl methyl sites for hydroxylation is 1. The van der Waals surface area contributed by atoms with Crippen LogP contribution >= 0.6 is 11.6 Å². The van der Waals surface area contributed by atoms with Gasteiger partial charge in [-0.2, -0.15) is 5.26 Å². The van der Waals surface area contributed by atoms with Crippen LogP contribution in [0.15, 0.2) is 59.8 Å². The number of pyridine rings is 2. The third-order valence-corrected chi connectivity index (χ3v) is 11.0. The molecular weight excluding hydrogens is 722 g/mol. The van der Waals surface area contributed by atoms with E-state index in [9.17, 15) is 19.6 Å². The van der Waals surface area contributed by atoms with Crippen LogP contribution < -0.4 is 21.5 Å². The van der Waals surface area contributed by atoms with Crippen LogP contribution in [-0.4, -0.2) is 56.0 Å². The van der Waals surface area contributed by atoms with Gasteiger partial charge in [-0.05, 0) is 71.7 Å². The van der Waals surface area contributed by atoms with Gasteiger partial charge in [0.25, 0.3) is 5.56 Å². The number of fused-ring (bicyclic) bond motifs is 2. The van der Waals surface area contributed by atoms with Crippen LogP contribution in [0.1, 0.15) is 76.7 Å². The zero-order chi connectivity index (χ0) is 39.4. The Bertz CT molecular complexity index is 2410. The number of hydrogen-bond acceptors (Lipinski definition) is 11. The summed E-state index contributed by atoms with van der Waals surface area (Å²) in [6.45, 7) is 9.54.